The summed E-state index contributed by atoms with van der Waals surface area (Å²) in [5.74, 6) is 0. The molecule has 0 fully saturated rings. The van der Waals surface area contributed by atoms with Crippen molar-refractivity contribution in [2.75, 3.05) is 5.32 Å². The molecule has 128 valence electrons. The summed E-state index contributed by atoms with van der Waals surface area (Å²) in [6.07, 6.45) is 0. The summed E-state index contributed by atoms with van der Waals surface area (Å²) in [6, 6.07) is 19.3. The molecule has 0 aliphatic carbocycles. The summed E-state index contributed by atoms with van der Waals surface area (Å²) >= 11 is 0. The van der Waals surface area contributed by atoms with Crippen molar-refractivity contribution < 1.29 is 9.34 Å². The quantitative estimate of drug-likeness (QED) is 0.255. The highest BCUT2D eigenvalue weighted by atomic mass is 16.6. The molecule has 0 spiro atoms. The number of nitrogens with one attached hydrogen (secondary N) is 1. The third-order valence-electron chi connectivity index (χ3n) is 4.25. The van der Waals surface area contributed by atoms with Gasteiger partial charge in [-0.05, 0) is 28.5 Å². The molecule has 3 aromatic carbocycles. The van der Waals surface area contributed by atoms with Gasteiger partial charge in [-0.2, -0.15) is 0 Å². The lowest BCUT2D eigenvalue weighted by atomic mass is 10.0. The van der Waals surface area contributed by atoms with Crippen molar-refractivity contribution >= 4 is 33.1 Å². The Morgan fingerprint density at radius 2 is 1.85 bits per heavy atom. The molecule has 4 aromatic rings. The van der Waals surface area contributed by atoms with Gasteiger partial charge in [-0.15, -0.1) is 0 Å². The predicted molar refractivity (Wildman–Crippen MR) is 100 cm³/mol. The van der Waals surface area contributed by atoms with Gasteiger partial charge in [0.2, 0.25) is 0 Å². The van der Waals surface area contributed by atoms with Crippen molar-refractivity contribution in [1.82, 2.24) is 0 Å². The van der Waals surface area contributed by atoms with Crippen molar-refractivity contribution in [1.29, 1.82) is 0 Å². The van der Waals surface area contributed by atoms with Crippen molar-refractivity contribution in [3.8, 4) is 0 Å². The summed E-state index contributed by atoms with van der Waals surface area (Å²) < 4.78 is 5.34. The fourth-order valence-corrected chi connectivity index (χ4v) is 3.09. The first-order valence-electron chi connectivity index (χ1n) is 8.04. The number of hydrogen-bond donors (Lipinski definition) is 1. The summed E-state index contributed by atoms with van der Waals surface area (Å²) in [7, 11) is 0. The Balaban J connectivity index is 1.78. The van der Waals surface area contributed by atoms with E-state index in [9.17, 15) is 14.9 Å². The summed E-state index contributed by atoms with van der Waals surface area (Å²) in [6.45, 7) is 0.345. The Labute approximate surface area is 147 Å². The van der Waals surface area contributed by atoms with E-state index in [4.69, 9.17) is 4.42 Å². The SMILES string of the molecule is O=c1cc(CNc2cccc([N+](=O)[O-])c2)c2c(ccc3ccccc32)o1. The third kappa shape index (κ3) is 2.88. The molecule has 0 saturated heterocycles. The predicted octanol–water partition coefficient (Wildman–Crippen LogP) is 4.47. The van der Waals surface area contributed by atoms with Gasteiger partial charge in [-0.25, -0.2) is 4.79 Å². The lowest BCUT2D eigenvalue weighted by molar-refractivity contribution is -0.384. The van der Waals surface area contributed by atoms with Gasteiger partial charge in [0, 0.05) is 35.8 Å². The second-order valence-corrected chi connectivity index (χ2v) is 5.91. The minimum absolute atomic E-state index is 0.0119. The van der Waals surface area contributed by atoms with Crippen LogP contribution in [-0.4, -0.2) is 4.92 Å². The first-order chi connectivity index (χ1) is 12.6. The molecule has 1 aromatic heterocycles. The molecule has 0 aliphatic rings. The Hall–Kier alpha value is -3.67. The second-order valence-electron chi connectivity index (χ2n) is 5.91. The number of anilines is 1. The van der Waals surface area contributed by atoms with Gasteiger partial charge in [0.1, 0.15) is 5.58 Å². The Kier molecular flexibility index (Phi) is 3.85. The number of hydrogen-bond acceptors (Lipinski definition) is 5. The lowest BCUT2D eigenvalue weighted by Crippen LogP contribution is -2.06. The fourth-order valence-electron chi connectivity index (χ4n) is 3.09. The third-order valence-corrected chi connectivity index (χ3v) is 4.25. The topological polar surface area (TPSA) is 85.4 Å². The Morgan fingerprint density at radius 3 is 2.69 bits per heavy atom. The fraction of sp³-hybridized carbons (Fsp3) is 0.0500. The van der Waals surface area contributed by atoms with E-state index in [0.717, 1.165) is 21.7 Å². The minimum Gasteiger partial charge on any atom is -0.423 e. The van der Waals surface area contributed by atoms with Gasteiger partial charge in [0.25, 0.3) is 5.69 Å². The monoisotopic (exact) mass is 346 g/mol. The number of nitrogens with zero attached hydrogens (tertiary/aromatic N) is 1. The number of rotatable bonds is 4. The molecule has 0 bridgehead atoms. The highest BCUT2D eigenvalue weighted by molar-refractivity contribution is 6.07. The van der Waals surface area contributed by atoms with Crippen LogP contribution in [0.3, 0.4) is 0 Å². The highest BCUT2D eigenvalue weighted by Gasteiger charge is 2.10. The lowest BCUT2D eigenvalue weighted by Gasteiger charge is -2.10. The molecule has 1 heterocycles. The van der Waals surface area contributed by atoms with Crippen LogP contribution in [0.1, 0.15) is 5.56 Å². The number of benzene rings is 3. The normalized spacial score (nSPS) is 10.9. The van der Waals surface area contributed by atoms with Gasteiger partial charge in [-0.3, -0.25) is 10.1 Å². The summed E-state index contributed by atoms with van der Waals surface area (Å²) in [4.78, 5) is 22.4. The number of nitro groups is 1. The van der Waals surface area contributed by atoms with Gasteiger partial charge in [-0.1, -0.05) is 36.4 Å². The highest BCUT2D eigenvalue weighted by Crippen LogP contribution is 2.28. The zero-order valence-corrected chi connectivity index (χ0v) is 13.6. The molecule has 6 heteroatoms. The summed E-state index contributed by atoms with van der Waals surface area (Å²) in [5.41, 5.74) is 1.49. The van der Waals surface area contributed by atoms with E-state index in [1.807, 2.05) is 30.3 Å². The standard InChI is InChI=1S/C20H14N2O4/c23-19-10-14(12-21-15-5-3-6-16(11-15)22(24)25)20-17-7-2-1-4-13(17)8-9-18(20)26-19/h1-11,21H,12H2. The molecule has 6 nitrogen and oxygen atoms in total. The molecule has 4 rings (SSSR count). The van der Waals surface area contributed by atoms with Crippen LogP contribution in [0, 0.1) is 10.1 Å². The average molecular weight is 346 g/mol. The van der Waals surface area contributed by atoms with Crippen LogP contribution in [0.4, 0.5) is 11.4 Å². The molecule has 1 N–H and O–H groups in total. The molecule has 0 unspecified atom stereocenters. The molecule has 26 heavy (non-hydrogen) atoms. The van der Waals surface area contributed by atoms with E-state index in [-0.39, 0.29) is 5.69 Å². The number of nitro benzene ring substituents is 1. The van der Waals surface area contributed by atoms with E-state index in [1.54, 1.807) is 18.2 Å². The van der Waals surface area contributed by atoms with E-state index in [0.29, 0.717) is 17.8 Å². The van der Waals surface area contributed by atoms with Crippen molar-refractivity contribution in [2.45, 2.75) is 6.54 Å². The Morgan fingerprint density at radius 1 is 1.00 bits per heavy atom. The van der Waals surface area contributed by atoms with Crippen LogP contribution in [-0.2, 0) is 6.54 Å². The van der Waals surface area contributed by atoms with Crippen molar-refractivity contribution in [2.24, 2.45) is 0 Å². The van der Waals surface area contributed by atoms with Crippen LogP contribution < -0.4 is 10.9 Å². The molecular weight excluding hydrogens is 332 g/mol. The average Bonchev–Trinajstić information content (AvgIpc) is 2.65. The molecular formula is C20H14N2O4. The molecule has 0 atom stereocenters. The van der Waals surface area contributed by atoms with Gasteiger partial charge in [0.15, 0.2) is 0 Å². The maximum atomic E-state index is 11.9. The van der Waals surface area contributed by atoms with Crippen LogP contribution in [0.2, 0.25) is 0 Å². The van der Waals surface area contributed by atoms with Crippen LogP contribution in [0.5, 0.6) is 0 Å². The zero-order chi connectivity index (χ0) is 18.1. The summed E-state index contributed by atoms with van der Waals surface area (Å²) in [5, 5.41) is 17.0. The maximum absolute atomic E-state index is 11.9. The first-order valence-corrected chi connectivity index (χ1v) is 8.04. The Bertz CT molecular complexity index is 1200. The van der Waals surface area contributed by atoms with Gasteiger partial charge < -0.3 is 9.73 Å². The first kappa shape index (κ1) is 15.8. The molecule has 0 radical (unpaired) electrons. The maximum Gasteiger partial charge on any atom is 0.336 e. The van der Waals surface area contributed by atoms with Crippen molar-refractivity contribution in [3.63, 3.8) is 0 Å². The second kappa shape index (κ2) is 6.33. The smallest absolute Gasteiger partial charge is 0.336 e. The van der Waals surface area contributed by atoms with Crippen LogP contribution in [0.15, 0.2) is 75.9 Å². The number of fused-ring (bicyclic) bond motifs is 3. The van der Waals surface area contributed by atoms with E-state index >= 15 is 0 Å². The van der Waals surface area contributed by atoms with Crippen molar-refractivity contribution in [3.05, 3.63) is 92.8 Å². The van der Waals surface area contributed by atoms with E-state index < -0.39 is 10.5 Å². The van der Waals surface area contributed by atoms with Crippen LogP contribution in [0.25, 0.3) is 21.7 Å². The minimum atomic E-state index is -0.439. The molecule has 0 saturated carbocycles. The zero-order valence-electron chi connectivity index (χ0n) is 13.6. The molecule has 0 amide bonds. The largest absolute Gasteiger partial charge is 0.423 e. The van der Waals surface area contributed by atoms with E-state index in [2.05, 4.69) is 5.32 Å². The van der Waals surface area contributed by atoms with Crippen LogP contribution >= 0.6 is 0 Å². The number of non-ortho nitro benzene ring substituents is 1. The van der Waals surface area contributed by atoms with E-state index in [1.165, 1.54) is 18.2 Å². The van der Waals surface area contributed by atoms with Gasteiger partial charge >= 0.3 is 5.63 Å². The van der Waals surface area contributed by atoms with Gasteiger partial charge in [0.05, 0.1) is 4.92 Å². The molecule has 0 aliphatic heterocycles.